The van der Waals surface area contributed by atoms with E-state index in [0.29, 0.717) is 16.4 Å². The summed E-state index contributed by atoms with van der Waals surface area (Å²) in [4.78, 5) is 35.4. The third-order valence-corrected chi connectivity index (χ3v) is 3.54. The Bertz CT molecular complexity index is 786. The second-order valence-electron chi connectivity index (χ2n) is 5.65. The maximum Gasteiger partial charge on any atom is 0.325 e. The van der Waals surface area contributed by atoms with Crippen LogP contribution in [0, 0.1) is 0 Å². The number of nitrogens with zero attached hydrogens (tertiary/aromatic N) is 2. The minimum absolute atomic E-state index is 0.0749. The lowest BCUT2D eigenvalue weighted by Crippen LogP contribution is -2.32. The molecule has 1 aromatic carbocycles. The van der Waals surface area contributed by atoms with Crippen molar-refractivity contribution in [2.24, 2.45) is 0 Å². The quantitative estimate of drug-likeness (QED) is 0.718. The number of hydrogen-bond donors (Lipinski definition) is 2. The van der Waals surface area contributed by atoms with Crippen molar-refractivity contribution in [2.75, 3.05) is 18.5 Å². The van der Waals surface area contributed by atoms with Crippen molar-refractivity contribution in [1.82, 2.24) is 15.1 Å². The van der Waals surface area contributed by atoms with Crippen LogP contribution in [0.3, 0.4) is 0 Å². The summed E-state index contributed by atoms with van der Waals surface area (Å²) in [6, 6.07) is 7.93. The molecule has 26 heavy (non-hydrogen) atoms. The normalized spacial score (nSPS) is 10.5. The summed E-state index contributed by atoms with van der Waals surface area (Å²) >= 11 is 5.74. The molecule has 2 amide bonds. The van der Waals surface area contributed by atoms with Crippen LogP contribution < -0.4 is 10.6 Å². The van der Waals surface area contributed by atoms with Crippen LogP contribution in [0.25, 0.3) is 0 Å². The van der Waals surface area contributed by atoms with E-state index in [1.54, 1.807) is 29.1 Å². The molecule has 0 spiro atoms. The Morgan fingerprint density at radius 1 is 1.19 bits per heavy atom. The van der Waals surface area contributed by atoms with E-state index >= 15 is 0 Å². The van der Waals surface area contributed by atoms with Gasteiger partial charge >= 0.3 is 5.97 Å². The van der Waals surface area contributed by atoms with Crippen LogP contribution in [-0.2, 0) is 14.3 Å². The fourth-order valence-electron chi connectivity index (χ4n) is 2.06. The third kappa shape index (κ3) is 5.59. The summed E-state index contributed by atoms with van der Waals surface area (Å²) in [5, 5.41) is 9.61. The highest BCUT2D eigenvalue weighted by molar-refractivity contribution is 6.30. The Balaban J connectivity index is 1.74. The van der Waals surface area contributed by atoms with Gasteiger partial charge in [0.25, 0.3) is 11.8 Å². The van der Waals surface area contributed by atoms with Crippen molar-refractivity contribution in [1.29, 1.82) is 0 Å². The summed E-state index contributed by atoms with van der Waals surface area (Å²) < 4.78 is 6.47. The minimum atomic E-state index is -0.722. The Hall–Kier alpha value is -2.87. The van der Waals surface area contributed by atoms with Gasteiger partial charge in [0, 0.05) is 22.7 Å². The lowest BCUT2D eigenvalue weighted by atomic mass is 10.2. The van der Waals surface area contributed by atoms with E-state index in [9.17, 15) is 14.4 Å². The first-order valence-electron chi connectivity index (χ1n) is 7.89. The zero-order chi connectivity index (χ0) is 19.1. The predicted molar refractivity (Wildman–Crippen MR) is 96.0 cm³/mol. The van der Waals surface area contributed by atoms with Gasteiger partial charge in [0.2, 0.25) is 0 Å². The topological polar surface area (TPSA) is 102 Å². The van der Waals surface area contributed by atoms with Gasteiger partial charge in [-0.3, -0.25) is 14.4 Å². The van der Waals surface area contributed by atoms with Crippen LogP contribution in [0.5, 0.6) is 0 Å². The van der Waals surface area contributed by atoms with Crippen LogP contribution in [0.1, 0.15) is 30.2 Å². The first kappa shape index (κ1) is 19.5. The van der Waals surface area contributed by atoms with E-state index in [1.165, 1.54) is 12.1 Å². The Kier molecular flexibility index (Phi) is 6.74. The maximum atomic E-state index is 11.9. The van der Waals surface area contributed by atoms with Crippen molar-refractivity contribution >= 4 is 35.2 Å². The van der Waals surface area contributed by atoms with E-state index in [2.05, 4.69) is 15.7 Å². The highest BCUT2D eigenvalue weighted by atomic mass is 35.5. The molecule has 2 rings (SSSR count). The van der Waals surface area contributed by atoms with Gasteiger partial charge in [-0.15, -0.1) is 0 Å². The number of benzene rings is 1. The standard InChI is InChI=1S/C17H19ClN4O4/c1-11(2)22-14(7-8-20-22)21-15(23)10-26-16(24)9-19-17(25)12-3-5-13(18)6-4-12/h3-8,11H,9-10H2,1-2H3,(H,19,25)(H,21,23). The van der Waals surface area contributed by atoms with Gasteiger partial charge in [0.15, 0.2) is 6.61 Å². The average Bonchev–Trinajstić information content (AvgIpc) is 3.06. The van der Waals surface area contributed by atoms with Crippen molar-refractivity contribution in [2.45, 2.75) is 19.9 Å². The molecule has 8 nitrogen and oxygen atoms in total. The van der Waals surface area contributed by atoms with E-state index in [-0.39, 0.29) is 12.6 Å². The zero-order valence-corrected chi connectivity index (χ0v) is 15.1. The number of esters is 1. The molecule has 2 aromatic rings. The molecule has 2 N–H and O–H groups in total. The zero-order valence-electron chi connectivity index (χ0n) is 14.4. The van der Waals surface area contributed by atoms with Gasteiger partial charge in [-0.1, -0.05) is 11.6 Å². The van der Waals surface area contributed by atoms with E-state index in [4.69, 9.17) is 16.3 Å². The first-order valence-corrected chi connectivity index (χ1v) is 8.27. The average molecular weight is 379 g/mol. The largest absolute Gasteiger partial charge is 0.454 e. The highest BCUT2D eigenvalue weighted by Crippen LogP contribution is 2.12. The molecule has 1 heterocycles. The number of rotatable bonds is 7. The molecule has 0 atom stereocenters. The van der Waals surface area contributed by atoms with Crippen LogP contribution >= 0.6 is 11.6 Å². The number of nitrogens with one attached hydrogen (secondary N) is 2. The summed E-state index contributed by atoms with van der Waals surface area (Å²) in [7, 11) is 0. The first-order chi connectivity index (χ1) is 12.4. The van der Waals surface area contributed by atoms with Gasteiger partial charge < -0.3 is 15.4 Å². The number of ether oxygens (including phenoxy) is 1. The number of halogens is 1. The number of carbonyl (C=O) groups excluding carboxylic acids is 3. The lowest BCUT2D eigenvalue weighted by Gasteiger charge is -2.12. The van der Waals surface area contributed by atoms with Crippen LogP contribution in [0.15, 0.2) is 36.5 Å². The monoisotopic (exact) mass is 378 g/mol. The Labute approximate surface area is 155 Å². The van der Waals surface area contributed by atoms with Gasteiger partial charge in [0.05, 0.1) is 6.20 Å². The van der Waals surface area contributed by atoms with Crippen molar-refractivity contribution in [3.8, 4) is 0 Å². The van der Waals surface area contributed by atoms with Crippen LogP contribution in [0.4, 0.5) is 5.82 Å². The number of amides is 2. The fourth-order valence-corrected chi connectivity index (χ4v) is 2.18. The molecular formula is C17H19ClN4O4. The van der Waals surface area contributed by atoms with Crippen molar-refractivity contribution in [3.05, 3.63) is 47.1 Å². The Morgan fingerprint density at radius 2 is 1.88 bits per heavy atom. The molecule has 0 unspecified atom stereocenters. The summed E-state index contributed by atoms with van der Waals surface area (Å²) in [5.74, 6) is -1.15. The number of aromatic nitrogens is 2. The van der Waals surface area contributed by atoms with Crippen molar-refractivity contribution < 1.29 is 19.1 Å². The van der Waals surface area contributed by atoms with E-state index < -0.39 is 24.4 Å². The number of anilines is 1. The van der Waals surface area contributed by atoms with Gasteiger partial charge in [-0.05, 0) is 38.1 Å². The molecule has 1 aromatic heterocycles. The lowest BCUT2D eigenvalue weighted by molar-refractivity contribution is -0.146. The SMILES string of the molecule is CC(C)n1nccc1NC(=O)COC(=O)CNC(=O)c1ccc(Cl)cc1. The maximum absolute atomic E-state index is 11.9. The van der Waals surface area contributed by atoms with Gasteiger partial charge in [-0.2, -0.15) is 5.10 Å². The minimum Gasteiger partial charge on any atom is -0.454 e. The molecule has 0 saturated heterocycles. The highest BCUT2D eigenvalue weighted by Gasteiger charge is 2.13. The number of hydrogen-bond acceptors (Lipinski definition) is 5. The molecular weight excluding hydrogens is 360 g/mol. The van der Waals surface area contributed by atoms with Gasteiger partial charge in [0.1, 0.15) is 12.4 Å². The molecule has 138 valence electrons. The molecule has 0 aliphatic heterocycles. The molecule has 0 aliphatic carbocycles. The van der Waals surface area contributed by atoms with Crippen molar-refractivity contribution in [3.63, 3.8) is 0 Å². The molecule has 0 aliphatic rings. The summed E-state index contributed by atoms with van der Waals surface area (Å²) in [6.45, 7) is 3.04. The molecule has 0 fully saturated rings. The second kappa shape index (κ2) is 9.00. The summed E-state index contributed by atoms with van der Waals surface area (Å²) in [6.07, 6.45) is 1.56. The number of carbonyl (C=O) groups is 3. The van der Waals surface area contributed by atoms with Crippen LogP contribution in [-0.4, -0.2) is 40.7 Å². The third-order valence-electron chi connectivity index (χ3n) is 3.29. The molecule has 0 radical (unpaired) electrons. The smallest absolute Gasteiger partial charge is 0.325 e. The molecule has 9 heteroatoms. The van der Waals surface area contributed by atoms with Crippen LogP contribution in [0.2, 0.25) is 5.02 Å². The second-order valence-corrected chi connectivity index (χ2v) is 6.09. The van der Waals surface area contributed by atoms with Gasteiger partial charge in [-0.25, -0.2) is 4.68 Å². The van der Waals surface area contributed by atoms with E-state index in [1.807, 2.05) is 13.8 Å². The van der Waals surface area contributed by atoms with E-state index in [0.717, 1.165) is 0 Å². The molecule has 0 bridgehead atoms. The Morgan fingerprint density at radius 3 is 2.54 bits per heavy atom. The summed E-state index contributed by atoms with van der Waals surface area (Å²) in [5.41, 5.74) is 0.363. The molecule has 0 saturated carbocycles. The predicted octanol–water partition coefficient (Wildman–Crippen LogP) is 2.03. The fraction of sp³-hybridized carbons (Fsp3) is 0.294.